The fraction of sp³-hybridized carbons (Fsp3) is 0.381. The van der Waals surface area contributed by atoms with Gasteiger partial charge >= 0.3 is 11.7 Å². The van der Waals surface area contributed by atoms with Crippen LogP contribution in [0, 0.1) is 0 Å². The molecular weight excluding hydrogens is 372 g/mol. The Labute approximate surface area is 168 Å². The lowest BCUT2D eigenvalue weighted by Crippen LogP contribution is -2.33. The second-order valence-corrected chi connectivity index (χ2v) is 7.24. The Balaban J connectivity index is 1.45. The minimum Gasteiger partial charge on any atom is -0.463 e. The van der Waals surface area contributed by atoms with Crippen molar-refractivity contribution in [1.82, 2.24) is 19.2 Å². The highest BCUT2D eigenvalue weighted by molar-refractivity contribution is 5.86. The van der Waals surface area contributed by atoms with Crippen LogP contribution in [0.2, 0.25) is 0 Å². The number of aryl methyl sites for hydroxylation is 1. The molecule has 1 aliphatic rings. The summed E-state index contributed by atoms with van der Waals surface area (Å²) in [7, 11) is 3.03. The van der Waals surface area contributed by atoms with Gasteiger partial charge in [0.2, 0.25) is 5.76 Å². The summed E-state index contributed by atoms with van der Waals surface area (Å²) >= 11 is 0. The summed E-state index contributed by atoms with van der Waals surface area (Å²) < 4.78 is 13.4. The summed E-state index contributed by atoms with van der Waals surface area (Å²) in [6.45, 7) is 2.36. The van der Waals surface area contributed by atoms with Gasteiger partial charge in [-0.2, -0.15) is 5.10 Å². The largest absolute Gasteiger partial charge is 0.463 e. The summed E-state index contributed by atoms with van der Waals surface area (Å²) in [5.41, 5.74) is 0.716. The number of piperidine rings is 1. The number of para-hydroxylation sites is 1. The summed E-state index contributed by atoms with van der Waals surface area (Å²) in [6, 6.07) is 13.1. The molecule has 0 spiro atoms. The van der Waals surface area contributed by atoms with Crippen molar-refractivity contribution in [1.29, 1.82) is 0 Å². The van der Waals surface area contributed by atoms with Crippen LogP contribution in [0.1, 0.15) is 40.9 Å². The van der Waals surface area contributed by atoms with Crippen molar-refractivity contribution < 1.29 is 13.9 Å². The average molecular weight is 396 g/mol. The zero-order chi connectivity index (χ0) is 20.4. The molecule has 2 aromatic heterocycles. The van der Waals surface area contributed by atoms with E-state index in [0.717, 1.165) is 43.2 Å². The van der Waals surface area contributed by atoms with Gasteiger partial charge in [0.05, 0.1) is 19.3 Å². The van der Waals surface area contributed by atoms with Crippen molar-refractivity contribution in [2.75, 3.05) is 20.2 Å². The lowest BCUT2D eigenvalue weighted by atomic mass is 9.95. The molecule has 0 saturated carbocycles. The van der Waals surface area contributed by atoms with Gasteiger partial charge in [0.1, 0.15) is 11.6 Å². The van der Waals surface area contributed by atoms with E-state index in [-0.39, 0.29) is 17.4 Å². The predicted octanol–water partition coefficient (Wildman–Crippen LogP) is 2.33. The van der Waals surface area contributed by atoms with Gasteiger partial charge < -0.3 is 9.15 Å². The first-order valence-electron chi connectivity index (χ1n) is 9.67. The van der Waals surface area contributed by atoms with Gasteiger partial charge in [-0.1, -0.05) is 18.2 Å². The maximum absolute atomic E-state index is 12.6. The minimum absolute atomic E-state index is 0.125. The SMILES string of the molecule is COC(=O)c1ccc(CN2CCC(c3nn(C)c(=O)n3-c3ccccc3)CC2)o1. The van der Waals surface area contributed by atoms with Gasteiger partial charge in [-0.05, 0) is 50.2 Å². The van der Waals surface area contributed by atoms with Crippen LogP contribution in [0.15, 0.2) is 51.7 Å². The number of carbonyl (C=O) groups excluding carboxylic acids is 1. The molecule has 0 amide bonds. The molecule has 0 N–H and O–H groups in total. The van der Waals surface area contributed by atoms with Crippen LogP contribution in [0.5, 0.6) is 0 Å². The van der Waals surface area contributed by atoms with Crippen LogP contribution in [0.3, 0.4) is 0 Å². The Hall–Kier alpha value is -3.13. The Kier molecular flexibility index (Phi) is 5.35. The lowest BCUT2D eigenvalue weighted by molar-refractivity contribution is 0.0560. The number of rotatable bonds is 5. The number of benzene rings is 1. The van der Waals surface area contributed by atoms with Crippen LogP contribution in [-0.4, -0.2) is 45.4 Å². The molecule has 1 aliphatic heterocycles. The van der Waals surface area contributed by atoms with Crippen molar-refractivity contribution in [2.24, 2.45) is 7.05 Å². The fourth-order valence-electron chi connectivity index (χ4n) is 3.81. The molecule has 0 bridgehead atoms. The quantitative estimate of drug-likeness (QED) is 0.616. The molecular formula is C21H24N4O4. The zero-order valence-electron chi connectivity index (χ0n) is 16.6. The first-order chi connectivity index (χ1) is 14.1. The highest BCUT2D eigenvalue weighted by Crippen LogP contribution is 2.28. The highest BCUT2D eigenvalue weighted by Gasteiger charge is 2.27. The minimum atomic E-state index is -0.469. The van der Waals surface area contributed by atoms with E-state index in [9.17, 15) is 9.59 Å². The number of hydrogen-bond donors (Lipinski definition) is 0. The molecule has 0 unspecified atom stereocenters. The molecule has 4 rings (SSSR count). The third-order valence-electron chi connectivity index (χ3n) is 5.34. The molecule has 3 heterocycles. The van der Waals surface area contributed by atoms with Crippen molar-refractivity contribution in [2.45, 2.75) is 25.3 Å². The number of furan rings is 1. The number of esters is 1. The molecule has 1 saturated heterocycles. The second-order valence-electron chi connectivity index (χ2n) is 7.24. The molecule has 8 heteroatoms. The number of ether oxygens (including phenoxy) is 1. The molecule has 8 nitrogen and oxygen atoms in total. The van der Waals surface area contributed by atoms with Gasteiger partial charge in [0.25, 0.3) is 0 Å². The van der Waals surface area contributed by atoms with Gasteiger partial charge in [0.15, 0.2) is 0 Å². The number of likely N-dealkylation sites (tertiary alicyclic amines) is 1. The standard InChI is InChI=1S/C21H24N4O4/c1-23-21(27)25(16-6-4-3-5-7-16)19(22-23)15-10-12-24(13-11-15)14-17-8-9-18(29-17)20(26)28-2/h3-9,15H,10-14H2,1-2H3. The summed E-state index contributed by atoms with van der Waals surface area (Å²) in [6.07, 6.45) is 1.79. The van der Waals surface area contributed by atoms with Crippen molar-refractivity contribution in [3.8, 4) is 5.69 Å². The summed E-state index contributed by atoms with van der Waals surface area (Å²) in [4.78, 5) is 26.4. The average Bonchev–Trinajstić information content (AvgIpc) is 3.33. The smallest absolute Gasteiger partial charge is 0.373 e. The fourth-order valence-corrected chi connectivity index (χ4v) is 3.81. The van der Waals surface area contributed by atoms with Crippen LogP contribution < -0.4 is 5.69 Å². The molecule has 29 heavy (non-hydrogen) atoms. The normalized spacial score (nSPS) is 15.5. The lowest BCUT2D eigenvalue weighted by Gasteiger charge is -2.30. The predicted molar refractivity (Wildman–Crippen MR) is 106 cm³/mol. The molecule has 3 aromatic rings. The third-order valence-corrected chi connectivity index (χ3v) is 5.34. The Bertz CT molecular complexity index is 1040. The van der Waals surface area contributed by atoms with Gasteiger partial charge in [-0.25, -0.2) is 18.8 Å². The maximum atomic E-state index is 12.6. The van der Waals surface area contributed by atoms with Crippen molar-refractivity contribution in [3.63, 3.8) is 0 Å². The summed E-state index contributed by atoms with van der Waals surface area (Å²) in [5.74, 6) is 1.52. The van der Waals surface area contributed by atoms with Crippen LogP contribution in [0.4, 0.5) is 0 Å². The molecule has 152 valence electrons. The third kappa shape index (κ3) is 3.88. The van der Waals surface area contributed by atoms with E-state index in [1.807, 2.05) is 36.4 Å². The van der Waals surface area contributed by atoms with E-state index in [1.165, 1.54) is 11.8 Å². The number of methoxy groups -OCH3 is 1. The molecule has 0 radical (unpaired) electrons. The van der Waals surface area contributed by atoms with E-state index in [0.29, 0.717) is 6.54 Å². The monoisotopic (exact) mass is 396 g/mol. The van der Waals surface area contributed by atoms with Crippen LogP contribution in [-0.2, 0) is 18.3 Å². The van der Waals surface area contributed by atoms with Gasteiger partial charge in [-0.3, -0.25) is 4.90 Å². The molecule has 1 fully saturated rings. The first kappa shape index (κ1) is 19.2. The summed E-state index contributed by atoms with van der Waals surface area (Å²) in [5, 5.41) is 4.53. The molecule has 0 atom stereocenters. The molecule has 1 aromatic carbocycles. The van der Waals surface area contributed by atoms with E-state index < -0.39 is 5.97 Å². The Morgan fingerprint density at radius 2 is 1.90 bits per heavy atom. The van der Waals surface area contributed by atoms with E-state index in [1.54, 1.807) is 17.7 Å². The van der Waals surface area contributed by atoms with Gasteiger partial charge in [0, 0.05) is 13.0 Å². The van der Waals surface area contributed by atoms with Gasteiger partial charge in [-0.15, -0.1) is 0 Å². The Morgan fingerprint density at radius 3 is 2.59 bits per heavy atom. The van der Waals surface area contributed by atoms with Crippen LogP contribution >= 0.6 is 0 Å². The van der Waals surface area contributed by atoms with E-state index in [4.69, 9.17) is 4.42 Å². The molecule has 0 aliphatic carbocycles. The number of nitrogens with zero attached hydrogens (tertiary/aromatic N) is 4. The highest BCUT2D eigenvalue weighted by atomic mass is 16.5. The topological polar surface area (TPSA) is 82.5 Å². The maximum Gasteiger partial charge on any atom is 0.373 e. The second kappa shape index (κ2) is 8.08. The van der Waals surface area contributed by atoms with Crippen LogP contribution in [0.25, 0.3) is 5.69 Å². The van der Waals surface area contributed by atoms with Crippen molar-refractivity contribution in [3.05, 3.63) is 70.3 Å². The number of aromatic nitrogens is 3. The number of hydrogen-bond acceptors (Lipinski definition) is 6. The van der Waals surface area contributed by atoms with E-state index in [2.05, 4.69) is 14.7 Å². The first-order valence-corrected chi connectivity index (χ1v) is 9.67. The number of carbonyl (C=O) groups is 1. The zero-order valence-corrected chi connectivity index (χ0v) is 16.6. The van der Waals surface area contributed by atoms with Crippen molar-refractivity contribution >= 4 is 5.97 Å². The van der Waals surface area contributed by atoms with E-state index >= 15 is 0 Å². The Morgan fingerprint density at radius 1 is 1.17 bits per heavy atom.